The van der Waals surface area contributed by atoms with Crippen molar-refractivity contribution in [3.05, 3.63) is 33.7 Å². The van der Waals surface area contributed by atoms with Crippen LogP contribution in [0.15, 0.2) is 24.3 Å². The zero-order valence-electron chi connectivity index (χ0n) is 8.65. The number of fused-ring (bicyclic) bond motifs is 1. The number of nitrogens with one attached hydrogen (secondary N) is 1. The van der Waals surface area contributed by atoms with Gasteiger partial charge in [-0.1, -0.05) is 18.2 Å². The van der Waals surface area contributed by atoms with Gasteiger partial charge in [0, 0.05) is 22.2 Å². The molecule has 0 unspecified atom stereocenters. The van der Waals surface area contributed by atoms with E-state index in [4.69, 9.17) is 0 Å². The Labute approximate surface area is 107 Å². The number of hydrogen-bond donors (Lipinski definition) is 1. The summed E-state index contributed by atoms with van der Waals surface area (Å²) < 4.78 is 3.42. The Hall–Kier alpha value is -0.950. The summed E-state index contributed by atoms with van der Waals surface area (Å²) in [7, 11) is 0. The minimum Gasteiger partial charge on any atom is -0.309 e. The molecule has 1 aromatic carbocycles. The first-order chi connectivity index (χ1) is 7.86. The molecule has 0 fully saturated rings. The monoisotopic (exact) mass is 326 g/mol. The molecule has 1 aromatic heterocycles. The molecule has 1 aliphatic rings. The third-order valence-electron chi connectivity index (χ3n) is 2.74. The molecule has 0 amide bonds. The van der Waals surface area contributed by atoms with Crippen molar-refractivity contribution in [1.29, 1.82) is 0 Å². The average molecular weight is 326 g/mol. The van der Waals surface area contributed by atoms with Gasteiger partial charge in [0.15, 0.2) is 5.82 Å². The van der Waals surface area contributed by atoms with E-state index < -0.39 is 0 Å². The molecule has 0 bridgehead atoms. The SMILES string of the molecule is Ic1ccccc1-c1nnc2n1CCNC2. The maximum Gasteiger partial charge on any atom is 0.165 e. The quantitative estimate of drug-likeness (QED) is 0.811. The summed E-state index contributed by atoms with van der Waals surface area (Å²) in [5.74, 6) is 2.02. The molecule has 82 valence electrons. The number of aromatic nitrogens is 3. The zero-order valence-corrected chi connectivity index (χ0v) is 10.8. The van der Waals surface area contributed by atoms with E-state index in [9.17, 15) is 0 Å². The van der Waals surface area contributed by atoms with Crippen LogP contribution in [0.5, 0.6) is 0 Å². The minimum atomic E-state index is 0.816. The predicted octanol–water partition coefficient (Wildman–Crippen LogP) is 1.65. The van der Waals surface area contributed by atoms with E-state index in [0.717, 1.165) is 31.3 Å². The Morgan fingerprint density at radius 2 is 2.12 bits per heavy atom. The summed E-state index contributed by atoms with van der Waals surface area (Å²) in [4.78, 5) is 0. The molecule has 3 rings (SSSR count). The lowest BCUT2D eigenvalue weighted by atomic mass is 10.2. The first kappa shape index (κ1) is 10.2. The maximum absolute atomic E-state index is 4.30. The van der Waals surface area contributed by atoms with Crippen LogP contribution in [0.1, 0.15) is 5.82 Å². The molecule has 2 heterocycles. The highest BCUT2D eigenvalue weighted by Crippen LogP contribution is 2.24. The van der Waals surface area contributed by atoms with Gasteiger partial charge in [0.25, 0.3) is 0 Å². The lowest BCUT2D eigenvalue weighted by molar-refractivity contribution is 0.508. The van der Waals surface area contributed by atoms with E-state index in [0.29, 0.717) is 0 Å². The van der Waals surface area contributed by atoms with Gasteiger partial charge in [-0.2, -0.15) is 0 Å². The van der Waals surface area contributed by atoms with Gasteiger partial charge in [-0.3, -0.25) is 0 Å². The van der Waals surface area contributed by atoms with Crippen molar-refractivity contribution in [2.24, 2.45) is 0 Å². The first-order valence-electron chi connectivity index (χ1n) is 5.24. The van der Waals surface area contributed by atoms with Gasteiger partial charge in [-0.15, -0.1) is 10.2 Å². The van der Waals surface area contributed by atoms with E-state index in [1.807, 2.05) is 12.1 Å². The smallest absolute Gasteiger partial charge is 0.165 e. The fraction of sp³-hybridized carbons (Fsp3) is 0.273. The number of hydrogen-bond acceptors (Lipinski definition) is 3. The largest absolute Gasteiger partial charge is 0.309 e. The van der Waals surface area contributed by atoms with Crippen LogP contribution in [0.4, 0.5) is 0 Å². The van der Waals surface area contributed by atoms with E-state index >= 15 is 0 Å². The second-order valence-electron chi connectivity index (χ2n) is 3.75. The van der Waals surface area contributed by atoms with Gasteiger partial charge in [-0.05, 0) is 28.7 Å². The molecule has 0 aliphatic carbocycles. The van der Waals surface area contributed by atoms with Crippen molar-refractivity contribution in [2.75, 3.05) is 6.54 Å². The summed E-state index contributed by atoms with van der Waals surface area (Å²) in [6.07, 6.45) is 0. The topological polar surface area (TPSA) is 42.7 Å². The van der Waals surface area contributed by atoms with Gasteiger partial charge in [0.2, 0.25) is 0 Å². The van der Waals surface area contributed by atoms with Crippen LogP contribution in [0, 0.1) is 3.57 Å². The highest BCUT2D eigenvalue weighted by Gasteiger charge is 2.17. The number of rotatable bonds is 1. The summed E-state index contributed by atoms with van der Waals surface area (Å²) in [5.41, 5.74) is 1.17. The van der Waals surface area contributed by atoms with E-state index in [2.05, 4.69) is 54.8 Å². The molecule has 16 heavy (non-hydrogen) atoms. The second-order valence-corrected chi connectivity index (χ2v) is 4.91. The predicted molar refractivity (Wildman–Crippen MR) is 69.9 cm³/mol. The molecule has 1 N–H and O–H groups in total. The Morgan fingerprint density at radius 1 is 1.25 bits per heavy atom. The van der Waals surface area contributed by atoms with Crippen molar-refractivity contribution in [3.8, 4) is 11.4 Å². The Bertz CT molecular complexity index is 520. The van der Waals surface area contributed by atoms with Crippen LogP contribution >= 0.6 is 22.6 Å². The third-order valence-corrected chi connectivity index (χ3v) is 3.68. The van der Waals surface area contributed by atoms with Crippen LogP contribution in [-0.2, 0) is 13.1 Å². The highest BCUT2D eigenvalue weighted by molar-refractivity contribution is 14.1. The normalized spacial score (nSPS) is 14.8. The summed E-state index contributed by atoms with van der Waals surface area (Å²) in [6, 6.07) is 8.28. The highest BCUT2D eigenvalue weighted by atomic mass is 127. The minimum absolute atomic E-state index is 0.816. The van der Waals surface area contributed by atoms with Crippen molar-refractivity contribution in [1.82, 2.24) is 20.1 Å². The van der Waals surface area contributed by atoms with Gasteiger partial charge >= 0.3 is 0 Å². The van der Waals surface area contributed by atoms with Gasteiger partial charge < -0.3 is 9.88 Å². The Balaban J connectivity index is 2.13. The zero-order chi connectivity index (χ0) is 11.0. The standard InChI is InChI=1S/C11H11IN4/c12-9-4-2-1-3-8(9)11-15-14-10-7-13-5-6-16(10)11/h1-4,13H,5-7H2. The Kier molecular flexibility index (Phi) is 2.64. The third kappa shape index (κ3) is 1.63. The van der Waals surface area contributed by atoms with Gasteiger partial charge in [-0.25, -0.2) is 0 Å². The summed E-state index contributed by atoms with van der Waals surface area (Å²) >= 11 is 2.34. The molecule has 1 aliphatic heterocycles. The van der Waals surface area contributed by atoms with Crippen molar-refractivity contribution < 1.29 is 0 Å². The van der Waals surface area contributed by atoms with Gasteiger partial charge in [0.05, 0.1) is 6.54 Å². The molecule has 0 saturated heterocycles. The number of nitrogens with zero attached hydrogens (tertiary/aromatic N) is 3. The van der Waals surface area contributed by atoms with Crippen LogP contribution in [0.25, 0.3) is 11.4 Å². The fourth-order valence-electron chi connectivity index (χ4n) is 1.93. The molecule has 0 atom stereocenters. The molecular weight excluding hydrogens is 315 g/mol. The lowest BCUT2D eigenvalue weighted by Crippen LogP contribution is -2.28. The van der Waals surface area contributed by atoms with Crippen LogP contribution in [-0.4, -0.2) is 21.3 Å². The van der Waals surface area contributed by atoms with Crippen molar-refractivity contribution >= 4 is 22.6 Å². The molecule has 0 saturated carbocycles. The summed E-state index contributed by atoms with van der Waals surface area (Å²) in [6.45, 7) is 2.75. The molecular formula is C11H11IN4. The molecule has 4 nitrogen and oxygen atoms in total. The van der Waals surface area contributed by atoms with Crippen molar-refractivity contribution in [3.63, 3.8) is 0 Å². The van der Waals surface area contributed by atoms with Crippen LogP contribution < -0.4 is 5.32 Å². The van der Waals surface area contributed by atoms with E-state index in [1.165, 1.54) is 9.13 Å². The molecule has 5 heteroatoms. The van der Waals surface area contributed by atoms with Crippen molar-refractivity contribution in [2.45, 2.75) is 13.1 Å². The van der Waals surface area contributed by atoms with Crippen LogP contribution in [0.2, 0.25) is 0 Å². The fourth-order valence-corrected chi connectivity index (χ4v) is 2.56. The number of halogens is 1. The number of benzene rings is 1. The molecule has 0 spiro atoms. The molecule has 0 radical (unpaired) electrons. The maximum atomic E-state index is 4.30. The Morgan fingerprint density at radius 3 is 3.00 bits per heavy atom. The van der Waals surface area contributed by atoms with E-state index in [1.54, 1.807) is 0 Å². The summed E-state index contributed by atoms with van der Waals surface area (Å²) in [5, 5.41) is 11.8. The average Bonchev–Trinajstić information content (AvgIpc) is 2.74. The lowest BCUT2D eigenvalue weighted by Gasteiger charge is -2.16. The van der Waals surface area contributed by atoms with Crippen LogP contribution in [0.3, 0.4) is 0 Å². The second kappa shape index (κ2) is 4.14. The molecule has 2 aromatic rings. The van der Waals surface area contributed by atoms with E-state index in [-0.39, 0.29) is 0 Å². The first-order valence-corrected chi connectivity index (χ1v) is 6.32. The van der Waals surface area contributed by atoms with Gasteiger partial charge in [0.1, 0.15) is 5.82 Å².